The predicted molar refractivity (Wildman–Crippen MR) is 159 cm³/mol. The molecule has 2 unspecified atom stereocenters. The molecular formula is C22H22K6N14O14S2. The van der Waals surface area contributed by atoms with E-state index in [1.807, 2.05) is 0 Å². The maximum atomic E-state index is 11.5. The second-order valence-corrected chi connectivity index (χ2v) is 11.7. The van der Waals surface area contributed by atoms with Crippen LogP contribution in [0.2, 0.25) is 0 Å². The van der Waals surface area contributed by atoms with Crippen LogP contribution in [0.3, 0.4) is 0 Å². The van der Waals surface area contributed by atoms with E-state index in [2.05, 4.69) is 81.1 Å². The molecule has 0 radical (unpaired) electrons. The summed E-state index contributed by atoms with van der Waals surface area (Å²) in [5.74, 6) is -10.6. The van der Waals surface area contributed by atoms with E-state index in [-0.39, 0.29) is 350 Å². The number of aliphatic carboxylic acids is 4. The third kappa shape index (κ3) is 29.4. The fourth-order valence-corrected chi connectivity index (χ4v) is 4.08. The minimum atomic E-state index is -4.66. The molecule has 58 heavy (non-hydrogen) atoms. The average Bonchev–Trinajstić information content (AvgIpc) is 3.03. The molecule has 0 bridgehead atoms. The number of anilines is 8. The number of hydrogen-bond acceptors (Lipinski definition) is 29. The Balaban J connectivity index is -0.00000243. The van der Waals surface area contributed by atoms with Crippen molar-refractivity contribution in [1.82, 2.24) is 39.9 Å². The minimum Gasteiger partial charge on any atom is -0.748 e. The number of rotatable bonds is 24. The Bertz CT molecular complexity index is 1870. The van der Waals surface area contributed by atoms with Gasteiger partial charge in [0.05, 0.1) is 39.9 Å². The van der Waals surface area contributed by atoms with Gasteiger partial charge in [-0.15, -0.1) is 0 Å². The quantitative estimate of drug-likeness (QED) is 0.0121. The molecule has 3 aromatic heterocycles. The summed E-state index contributed by atoms with van der Waals surface area (Å²) in [6.45, 7) is -0.435. The average molecular weight is 1010 g/mol. The van der Waals surface area contributed by atoms with Crippen molar-refractivity contribution < 1.29 is 376 Å². The minimum absolute atomic E-state index is 0. The molecule has 0 aliphatic rings. The van der Waals surface area contributed by atoms with E-state index < -0.39 is 89.1 Å². The van der Waals surface area contributed by atoms with Crippen LogP contribution in [-0.4, -0.2) is 113 Å². The fourth-order valence-electron chi connectivity index (χ4n) is 3.43. The molecule has 0 aromatic carbocycles. The van der Waals surface area contributed by atoms with Crippen LogP contribution in [0.5, 0.6) is 0 Å². The van der Waals surface area contributed by atoms with E-state index in [0.29, 0.717) is 12.0 Å². The number of carboxylic acid groups (broad SMARTS) is 4. The maximum Gasteiger partial charge on any atom is 1.00 e. The topological polar surface area (TPSA) is 435 Å². The number of carboxylic acids is 4. The molecule has 36 heteroatoms. The molecule has 282 valence electrons. The van der Waals surface area contributed by atoms with E-state index in [0.717, 1.165) is 0 Å². The Labute approximate surface area is 587 Å². The van der Waals surface area contributed by atoms with Crippen molar-refractivity contribution >= 4 is 93.5 Å². The molecule has 0 spiro atoms. The fraction of sp³-hybridized carbons (Fsp3) is 0.364. The van der Waals surface area contributed by atoms with Crippen LogP contribution in [0, 0.1) is 0 Å². The first kappa shape index (κ1) is 68.3. The van der Waals surface area contributed by atoms with Crippen LogP contribution < -0.4 is 366 Å². The molecule has 3 rings (SSSR count). The number of aromatic nitrogens is 8. The molecule has 0 aliphatic carbocycles. The van der Waals surface area contributed by atoms with Crippen molar-refractivity contribution in [2.24, 2.45) is 0 Å². The smallest absolute Gasteiger partial charge is 0.748 e. The van der Waals surface area contributed by atoms with Gasteiger partial charge in [-0.2, -0.15) is 39.2 Å². The summed E-state index contributed by atoms with van der Waals surface area (Å²) in [5, 5.41) is 72.9. The molecular weight excluding hydrogens is 983 g/mol. The molecule has 0 saturated carbocycles. The summed E-state index contributed by atoms with van der Waals surface area (Å²) in [6, 6.07) is -2.44. The van der Waals surface area contributed by atoms with E-state index in [1.54, 1.807) is 0 Å². The molecule has 3 heterocycles. The molecule has 3 aromatic rings. The molecule has 6 N–H and O–H groups in total. The number of carbonyl (C=O) groups is 4. The van der Waals surface area contributed by atoms with Crippen molar-refractivity contribution in [3.63, 3.8) is 0 Å². The van der Waals surface area contributed by atoms with Gasteiger partial charge in [-0.25, -0.2) is 13.4 Å². The first-order valence-corrected chi connectivity index (χ1v) is 16.3. The Hall–Kier alpha value is 3.74. The van der Waals surface area contributed by atoms with Gasteiger partial charge in [0.25, 0.3) is 0 Å². The van der Waals surface area contributed by atoms with Crippen molar-refractivity contribution in [2.45, 2.75) is 24.9 Å². The van der Waals surface area contributed by atoms with Gasteiger partial charge < -0.3 is 76.0 Å². The summed E-state index contributed by atoms with van der Waals surface area (Å²) >= 11 is 0.621. The van der Waals surface area contributed by atoms with Crippen LogP contribution in [0.1, 0.15) is 12.8 Å². The van der Waals surface area contributed by atoms with Gasteiger partial charge in [-0.1, -0.05) is 0 Å². The van der Waals surface area contributed by atoms with E-state index >= 15 is 0 Å². The van der Waals surface area contributed by atoms with Gasteiger partial charge in [0.15, 0.2) is 0 Å². The molecule has 0 amide bonds. The predicted octanol–water partition coefficient (Wildman–Crippen LogP) is -26.1. The van der Waals surface area contributed by atoms with Gasteiger partial charge in [0, 0.05) is 61.9 Å². The third-order valence-electron chi connectivity index (χ3n) is 5.49. The van der Waals surface area contributed by atoms with Crippen molar-refractivity contribution in [3.05, 3.63) is 12.3 Å². The Morgan fingerprint density at radius 2 is 1.10 bits per heavy atom. The van der Waals surface area contributed by atoms with Crippen LogP contribution in [0.15, 0.2) is 12.3 Å². The Morgan fingerprint density at radius 3 is 1.55 bits per heavy atom. The number of nitrogens with one attached hydrogen (secondary N) is 6. The second-order valence-electron chi connectivity index (χ2n) is 9.39. The summed E-state index contributed by atoms with van der Waals surface area (Å²) in [5.41, 5.74) is 0. The summed E-state index contributed by atoms with van der Waals surface area (Å²) in [6.07, 6.45) is -0.884. The standard InChI is InChI=1S/C22H28N14O14S2.6K/c37-12(38)7-9(14(41)42)26-19-32-18(25-4-6-52(46,47)48)33-21(35-19)29-11-1-2-23-16(28-11)30-22-34-17(24-3-5-51-50-49-45)31-20(36-22)27-10(15(43)44)8-13(39)40;;;;;;/h1-2,9-10,45H,3-8H2,(H,37,38)(H,39,40)(H,41,42)(H,43,44)(H,46,47,48)(H6,23,24,25,26,27,28,29,30,31,32,33,34,35,36);;;;;;/q;6*+1/p-6. The zero-order chi connectivity index (χ0) is 38.3. The molecule has 28 nitrogen and oxygen atoms in total. The summed E-state index contributed by atoms with van der Waals surface area (Å²) in [7, 11) is -4.66. The van der Waals surface area contributed by atoms with E-state index in [9.17, 15) is 57.8 Å². The van der Waals surface area contributed by atoms with Gasteiger partial charge in [0.2, 0.25) is 41.6 Å². The maximum absolute atomic E-state index is 11.5. The molecule has 0 saturated heterocycles. The van der Waals surface area contributed by atoms with Gasteiger partial charge in [0.1, 0.15) is 5.82 Å². The van der Waals surface area contributed by atoms with Crippen molar-refractivity contribution in [2.75, 3.05) is 56.5 Å². The molecule has 0 fully saturated rings. The SMILES string of the molecule is O=C([O-])CC(Nc1nc(NCCS(=O)(=O)[O-])nc(Nc2ccnc(Nc3nc(NCCSOO[O-])nc(NC(CC(=O)[O-])C(=O)[O-])n3)n2)n1)C(=O)[O-].[K+].[K+].[K+].[K+].[K+].[K+]. The molecule has 0 aliphatic heterocycles. The Morgan fingerprint density at radius 1 is 0.655 bits per heavy atom. The number of carbonyl (C=O) groups excluding carboxylic acids is 4. The zero-order valence-electron chi connectivity index (χ0n) is 31.7. The van der Waals surface area contributed by atoms with Crippen molar-refractivity contribution in [3.8, 4) is 0 Å². The first-order valence-electron chi connectivity index (χ1n) is 13.8. The first-order chi connectivity index (χ1) is 24.6. The Kier molecular flexibility index (Phi) is 43.4. The largest absolute Gasteiger partial charge is 1.00 e. The van der Waals surface area contributed by atoms with Crippen LogP contribution in [-0.2, 0) is 38.7 Å². The van der Waals surface area contributed by atoms with Crippen LogP contribution in [0.4, 0.5) is 47.5 Å². The molecule has 2 atom stereocenters. The second kappa shape index (κ2) is 36.8. The van der Waals surface area contributed by atoms with Crippen molar-refractivity contribution in [1.29, 1.82) is 0 Å². The van der Waals surface area contributed by atoms with E-state index in [4.69, 9.17) is 0 Å². The van der Waals surface area contributed by atoms with Gasteiger partial charge in [-0.3, -0.25) is 10.4 Å². The summed E-state index contributed by atoms with van der Waals surface area (Å²) < 4.78 is 37.1. The number of nitrogens with zero attached hydrogens (tertiary/aromatic N) is 8. The van der Waals surface area contributed by atoms with Crippen LogP contribution >= 0.6 is 12.0 Å². The van der Waals surface area contributed by atoms with E-state index in [1.165, 1.54) is 12.3 Å². The van der Waals surface area contributed by atoms with Crippen LogP contribution in [0.25, 0.3) is 0 Å². The summed E-state index contributed by atoms with van der Waals surface area (Å²) in [4.78, 5) is 76.7. The van der Waals surface area contributed by atoms with Gasteiger partial charge >= 0.3 is 308 Å². The monoisotopic (exact) mass is 1000 g/mol. The normalized spacial score (nSPS) is 10.9. The third-order valence-corrected chi connectivity index (χ3v) is 6.71. The van der Waals surface area contributed by atoms with Gasteiger partial charge in [-0.05, 0) is 6.07 Å². The number of hydrogen-bond donors (Lipinski definition) is 6. The zero-order valence-corrected chi connectivity index (χ0v) is 52.0.